The van der Waals surface area contributed by atoms with Crippen LogP contribution in [-0.4, -0.2) is 30.0 Å². The Kier molecular flexibility index (Phi) is 5.09. The number of rotatable bonds is 6. The molecule has 5 heteroatoms. The number of amides is 1. The monoisotopic (exact) mass is 250 g/mol. The topological polar surface area (TPSA) is 80.0 Å². The lowest BCUT2D eigenvalue weighted by atomic mass is 9.92. The summed E-state index contributed by atoms with van der Waals surface area (Å²) in [6.45, 7) is 4.76. The number of carbonyl (C=O) groups excluding carboxylic acids is 1. The van der Waals surface area contributed by atoms with Crippen molar-refractivity contribution >= 4 is 11.6 Å². The lowest BCUT2D eigenvalue weighted by Gasteiger charge is -2.32. The molecule has 0 aliphatic heterocycles. The van der Waals surface area contributed by atoms with E-state index in [4.69, 9.17) is 5.73 Å². The van der Waals surface area contributed by atoms with Crippen LogP contribution in [0.3, 0.4) is 0 Å². The molecule has 0 aliphatic carbocycles. The molecule has 0 fully saturated rings. The maximum Gasteiger partial charge on any atom is 0.269 e. The predicted molar refractivity (Wildman–Crippen MR) is 73.6 cm³/mol. The maximum atomic E-state index is 11.5. The molecule has 0 aromatic carbocycles. The average molecular weight is 250 g/mol. The van der Waals surface area contributed by atoms with E-state index in [-0.39, 0.29) is 11.4 Å². The van der Waals surface area contributed by atoms with Crippen molar-refractivity contribution in [3.63, 3.8) is 0 Å². The fraction of sp³-hybridized carbons (Fsp3) is 0.538. The third kappa shape index (κ3) is 3.20. The smallest absolute Gasteiger partial charge is 0.269 e. The number of carbonyl (C=O) groups is 1. The zero-order valence-corrected chi connectivity index (χ0v) is 11.3. The van der Waals surface area contributed by atoms with Gasteiger partial charge in [0.2, 0.25) is 0 Å². The van der Waals surface area contributed by atoms with Gasteiger partial charge in [-0.3, -0.25) is 9.78 Å². The summed E-state index contributed by atoms with van der Waals surface area (Å²) in [6.07, 6.45) is 3.48. The van der Waals surface area contributed by atoms with Gasteiger partial charge in [0.15, 0.2) is 0 Å². The van der Waals surface area contributed by atoms with Gasteiger partial charge in [-0.15, -0.1) is 0 Å². The highest BCUT2D eigenvalue weighted by Gasteiger charge is 2.24. The number of nitrogens with two attached hydrogens (primary N) is 1. The summed E-state index contributed by atoms with van der Waals surface area (Å²) in [6, 6.07) is 3.59. The summed E-state index contributed by atoms with van der Waals surface area (Å²) in [5.74, 6) is -0.190. The Labute approximate surface area is 108 Å². The summed E-state index contributed by atoms with van der Waals surface area (Å²) in [5.41, 5.74) is 7.00. The summed E-state index contributed by atoms with van der Waals surface area (Å²) < 4.78 is 0. The van der Waals surface area contributed by atoms with E-state index >= 15 is 0 Å². The third-order valence-corrected chi connectivity index (χ3v) is 3.37. The first-order chi connectivity index (χ1) is 8.60. The molecule has 0 bridgehead atoms. The van der Waals surface area contributed by atoms with Crippen molar-refractivity contribution in [2.45, 2.75) is 32.2 Å². The number of aromatic nitrogens is 1. The largest absolute Gasteiger partial charge is 0.378 e. The normalized spacial score (nSPS) is 11.1. The number of hydrogen-bond donors (Lipinski definition) is 3. The van der Waals surface area contributed by atoms with Gasteiger partial charge in [-0.05, 0) is 25.0 Å². The first-order valence-corrected chi connectivity index (χ1v) is 6.27. The van der Waals surface area contributed by atoms with Crippen molar-refractivity contribution in [1.82, 2.24) is 10.3 Å². The molecule has 18 heavy (non-hydrogen) atoms. The van der Waals surface area contributed by atoms with Crippen molar-refractivity contribution in [1.29, 1.82) is 0 Å². The fourth-order valence-electron chi connectivity index (χ4n) is 1.83. The number of nitrogens with zero attached hydrogens (tertiary/aromatic N) is 1. The lowest BCUT2D eigenvalue weighted by Crippen LogP contribution is -2.44. The Morgan fingerprint density at radius 3 is 2.61 bits per heavy atom. The van der Waals surface area contributed by atoms with Crippen molar-refractivity contribution in [2.24, 2.45) is 5.73 Å². The molecular formula is C13H22N4O. The third-order valence-electron chi connectivity index (χ3n) is 3.37. The van der Waals surface area contributed by atoms with Gasteiger partial charge in [0.05, 0.1) is 0 Å². The first-order valence-electron chi connectivity index (χ1n) is 6.27. The molecule has 100 valence electrons. The molecule has 0 radical (unpaired) electrons. The van der Waals surface area contributed by atoms with Crippen LogP contribution in [0.15, 0.2) is 18.3 Å². The van der Waals surface area contributed by atoms with Crippen LogP contribution in [0.25, 0.3) is 0 Å². The molecular weight excluding hydrogens is 228 g/mol. The molecule has 1 heterocycles. The Bertz CT molecular complexity index is 393. The maximum absolute atomic E-state index is 11.5. The lowest BCUT2D eigenvalue weighted by molar-refractivity contribution is 0.0958. The van der Waals surface area contributed by atoms with Crippen LogP contribution in [0.5, 0.6) is 0 Å². The average Bonchev–Trinajstić information content (AvgIpc) is 2.44. The van der Waals surface area contributed by atoms with Gasteiger partial charge in [-0.1, -0.05) is 13.8 Å². The van der Waals surface area contributed by atoms with Gasteiger partial charge in [0.25, 0.3) is 5.91 Å². The summed E-state index contributed by atoms with van der Waals surface area (Å²) in [4.78, 5) is 15.5. The summed E-state index contributed by atoms with van der Waals surface area (Å²) >= 11 is 0. The van der Waals surface area contributed by atoms with Gasteiger partial charge in [-0.2, -0.15) is 0 Å². The number of pyridine rings is 1. The highest BCUT2D eigenvalue weighted by atomic mass is 16.1. The molecule has 0 saturated carbocycles. The Balaban J connectivity index is 2.93. The minimum absolute atomic E-state index is 0.124. The molecule has 1 amide bonds. The zero-order chi connectivity index (χ0) is 13.6. The SMILES string of the molecule is CCC(CC)(CN)Nc1ccnc(C(=O)NC)c1. The van der Waals surface area contributed by atoms with Gasteiger partial charge in [0, 0.05) is 31.0 Å². The number of nitrogens with one attached hydrogen (secondary N) is 2. The van der Waals surface area contributed by atoms with E-state index < -0.39 is 0 Å². The van der Waals surface area contributed by atoms with Crippen LogP contribution in [0.4, 0.5) is 5.69 Å². The predicted octanol–water partition coefficient (Wildman–Crippen LogP) is 1.37. The van der Waals surface area contributed by atoms with Gasteiger partial charge >= 0.3 is 0 Å². The van der Waals surface area contributed by atoms with E-state index in [2.05, 4.69) is 29.5 Å². The molecule has 1 aromatic heterocycles. The standard InChI is InChI=1S/C13H22N4O/c1-4-13(5-2,9-14)17-10-6-7-16-11(8-10)12(18)15-3/h6-8H,4-5,9,14H2,1-3H3,(H,15,18)(H,16,17). The molecule has 5 nitrogen and oxygen atoms in total. The second kappa shape index (κ2) is 6.35. The molecule has 0 unspecified atom stereocenters. The Hall–Kier alpha value is -1.62. The number of anilines is 1. The van der Waals surface area contributed by atoms with Crippen LogP contribution in [-0.2, 0) is 0 Å². The van der Waals surface area contributed by atoms with Crippen LogP contribution >= 0.6 is 0 Å². The van der Waals surface area contributed by atoms with Crippen LogP contribution in [0.1, 0.15) is 37.2 Å². The van der Waals surface area contributed by atoms with E-state index in [1.54, 1.807) is 19.3 Å². The van der Waals surface area contributed by atoms with E-state index in [1.807, 2.05) is 6.07 Å². The van der Waals surface area contributed by atoms with Crippen LogP contribution in [0.2, 0.25) is 0 Å². The Morgan fingerprint density at radius 1 is 1.44 bits per heavy atom. The minimum Gasteiger partial charge on any atom is -0.378 e. The zero-order valence-electron chi connectivity index (χ0n) is 11.3. The number of hydrogen-bond acceptors (Lipinski definition) is 4. The molecule has 4 N–H and O–H groups in total. The molecule has 0 saturated heterocycles. The first kappa shape index (κ1) is 14.4. The molecule has 0 aliphatic rings. The molecule has 1 rings (SSSR count). The Morgan fingerprint density at radius 2 is 2.11 bits per heavy atom. The van der Waals surface area contributed by atoms with E-state index in [0.717, 1.165) is 18.5 Å². The van der Waals surface area contributed by atoms with Gasteiger partial charge in [-0.25, -0.2) is 0 Å². The van der Waals surface area contributed by atoms with E-state index in [1.165, 1.54) is 0 Å². The highest BCUT2D eigenvalue weighted by molar-refractivity contribution is 5.92. The van der Waals surface area contributed by atoms with Crippen molar-refractivity contribution < 1.29 is 4.79 Å². The van der Waals surface area contributed by atoms with Crippen LogP contribution in [0, 0.1) is 0 Å². The second-order valence-electron chi connectivity index (χ2n) is 4.33. The van der Waals surface area contributed by atoms with Crippen molar-refractivity contribution in [2.75, 3.05) is 18.9 Å². The summed E-state index contributed by atoms with van der Waals surface area (Å²) in [5, 5.41) is 5.98. The van der Waals surface area contributed by atoms with Crippen LogP contribution < -0.4 is 16.4 Å². The second-order valence-corrected chi connectivity index (χ2v) is 4.33. The van der Waals surface area contributed by atoms with E-state index in [9.17, 15) is 4.79 Å². The molecule has 1 aromatic rings. The summed E-state index contributed by atoms with van der Waals surface area (Å²) in [7, 11) is 1.59. The molecule has 0 spiro atoms. The molecule has 0 atom stereocenters. The highest BCUT2D eigenvalue weighted by Crippen LogP contribution is 2.21. The minimum atomic E-state index is -0.190. The quantitative estimate of drug-likeness (QED) is 0.712. The fourth-order valence-corrected chi connectivity index (χ4v) is 1.83. The van der Waals surface area contributed by atoms with Crippen molar-refractivity contribution in [3.05, 3.63) is 24.0 Å². The van der Waals surface area contributed by atoms with Gasteiger partial charge < -0.3 is 16.4 Å². The van der Waals surface area contributed by atoms with Crippen molar-refractivity contribution in [3.8, 4) is 0 Å². The van der Waals surface area contributed by atoms with E-state index in [0.29, 0.717) is 12.2 Å². The van der Waals surface area contributed by atoms with Gasteiger partial charge in [0.1, 0.15) is 5.69 Å².